The molecule has 2 rings (SSSR count). The molecule has 20 heavy (non-hydrogen) atoms. The fourth-order valence-electron chi connectivity index (χ4n) is 2.42. The van der Waals surface area contributed by atoms with Gasteiger partial charge in [-0.3, -0.25) is 4.79 Å². The van der Waals surface area contributed by atoms with E-state index in [2.05, 4.69) is 5.32 Å². The molecule has 1 aromatic rings. The van der Waals surface area contributed by atoms with Crippen molar-refractivity contribution in [3.05, 3.63) is 35.4 Å². The van der Waals surface area contributed by atoms with Gasteiger partial charge in [-0.05, 0) is 43.8 Å². The van der Waals surface area contributed by atoms with E-state index in [0.717, 1.165) is 35.5 Å². The lowest BCUT2D eigenvalue weighted by Crippen LogP contribution is -2.46. The molecule has 1 fully saturated rings. The minimum absolute atomic E-state index is 0.0118. The molecule has 0 aliphatic carbocycles. The number of amides is 1. The van der Waals surface area contributed by atoms with Gasteiger partial charge in [0.05, 0.1) is 11.5 Å². The highest BCUT2D eigenvalue weighted by atomic mass is 32.2. The summed E-state index contributed by atoms with van der Waals surface area (Å²) in [6.07, 6.45) is 1.52. The van der Waals surface area contributed by atoms with Crippen LogP contribution in [0.2, 0.25) is 0 Å². The Morgan fingerprint density at radius 2 is 2.15 bits per heavy atom. The second-order valence-corrected chi connectivity index (χ2v) is 6.92. The smallest absolute Gasteiger partial charge is 0.227 e. The third-order valence-electron chi connectivity index (χ3n) is 3.95. The van der Waals surface area contributed by atoms with Crippen LogP contribution in [0.15, 0.2) is 24.3 Å². The van der Waals surface area contributed by atoms with E-state index in [1.54, 1.807) is 0 Å². The molecule has 0 spiro atoms. The summed E-state index contributed by atoms with van der Waals surface area (Å²) in [5.74, 6) is 1.75. The van der Waals surface area contributed by atoms with Gasteiger partial charge < -0.3 is 10.4 Å². The summed E-state index contributed by atoms with van der Waals surface area (Å²) in [5.41, 5.74) is 1.46. The fourth-order valence-corrected chi connectivity index (χ4v) is 3.68. The third kappa shape index (κ3) is 4.00. The minimum atomic E-state index is -0.715. The number of benzene rings is 1. The Kier molecular flexibility index (Phi) is 5.11. The number of thioether (sulfide) groups is 1. The predicted molar refractivity (Wildman–Crippen MR) is 84.1 cm³/mol. The van der Waals surface area contributed by atoms with Gasteiger partial charge in [-0.2, -0.15) is 11.8 Å². The maximum Gasteiger partial charge on any atom is 0.227 e. The normalized spacial score (nSPS) is 19.4. The van der Waals surface area contributed by atoms with Crippen molar-refractivity contribution in [2.75, 3.05) is 18.1 Å². The van der Waals surface area contributed by atoms with Gasteiger partial charge in [0, 0.05) is 6.54 Å². The van der Waals surface area contributed by atoms with Crippen molar-refractivity contribution in [3.63, 3.8) is 0 Å². The number of nitrogens with one attached hydrogen (secondary N) is 1. The molecule has 4 heteroatoms. The SMILES string of the molecule is Cc1cccc(C(C)C(=O)NCC2(O)CCSCC2)c1. The summed E-state index contributed by atoms with van der Waals surface area (Å²) in [4.78, 5) is 12.2. The van der Waals surface area contributed by atoms with E-state index in [0.29, 0.717) is 6.54 Å². The molecule has 110 valence electrons. The Bertz CT molecular complexity index is 469. The molecule has 1 aliphatic heterocycles. The van der Waals surface area contributed by atoms with Crippen LogP contribution in [0.1, 0.15) is 36.8 Å². The lowest BCUT2D eigenvalue weighted by molar-refractivity contribution is -0.123. The van der Waals surface area contributed by atoms with Crippen molar-refractivity contribution >= 4 is 17.7 Å². The molecule has 1 amide bonds. The topological polar surface area (TPSA) is 49.3 Å². The van der Waals surface area contributed by atoms with Crippen molar-refractivity contribution < 1.29 is 9.90 Å². The van der Waals surface area contributed by atoms with Crippen molar-refractivity contribution in [1.29, 1.82) is 0 Å². The van der Waals surface area contributed by atoms with Gasteiger partial charge in [-0.1, -0.05) is 29.8 Å². The molecule has 0 saturated carbocycles. The van der Waals surface area contributed by atoms with Gasteiger partial charge in [0.15, 0.2) is 0 Å². The Hall–Kier alpha value is -1.00. The minimum Gasteiger partial charge on any atom is -0.388 e. The predicted octanol–water partition coefficient (Wildman–Crippen LogP) is 2.47. The summed E-state index contributed by atoms with van der Waals surface area (Å²) < 4.78 is 0. The van der Waals surface area contributed by atoms with Gasteiger partial charge in [0.25, 0.3) is 0 Å². The molecule has 0 radical (unpaired) electrons. The summed E-state index contributed by atoms with van der Waals surface area (Å²) in [7, 11) is 0. The zero-order valence-corrected chi connectivity index (χ0v) is 13.0. The number of carbonyl (C=O) groups excluding carboxylic acids is 1. The van der Waals surface area contributed by atoms with E-state index in [-0.39, 0.29) is 11.8 Å². The van der Waals surface area contributed by atoms with Gasteiger partial charge in [0.1, 0.15) is 0 Å². The van der Waals surface area contributed by atoms with Gasteiger partial charge in [0.2, 0.25) is 5.91 Å². The summed E-state index contributed by atoms with van der Waals surface area (Å²) in [6.45, 7) is 4.30. The zero-order valence-electron chi connectivity index (χ0n) is 12.2. The van der Waals surface area contributed by atoms with Crippen LogP contribution in [0.5, 0.6) is 0 Å². The van der Waals surface area contributed by atoms with Crippen molar-refractivity contribution in [2.45, 2.75) is 38.2 Å². The molecule has 0 bridgehead atoms. The first-order valence-electron chi connectivity index (χ1n) is 7.15. The zero-order chi connectivity index (χ0) is 14.6. The highest BCUT2D eigenvalue weighted by Crippen LogP contribution is 2.26. The van der Waals surface area contributed by atoms with Crippen molar-refractivity contribution in [2.24, 2.45) is 0 Å². The molecule has 3 nitrogen and oxygen atoms in total. The number of rotatable bonds is 4. The van der Waals surface area contributed by atoms with Gasteiger partial charge >= 0.3 is 0 Å². The Balaban J connectivity index is 1.91. The monoisotopic (exact) mass is 293 g/mol. The molecule has 1 aliphatic rings. The molecule has 1 atom stereocenters. The van der Waals surface area contributed by atoms with Crippen LogP contribution in [0.25, 0.3) is 0 Å². The summed E-state index contributed by atoms with van der Waals surface area (Å²) in [6, 6.07) is 8.01. The molecule has 1 unspecified atom stereocenters. The van der Waals surface area contributed by atoms with E-state index in [1.165, 1.54) is 0 Å². The van der Waals surface area contributed by atoms with E-state index in [1.807, 2.05) is 49.9 Å². The van der Waals surface area contributed by atoms with Crippen molar-refractivity contribution in [1.82, 2.24) is 5.32 Å². The van der Waals surface area contributed by atoms with E-state index < -0.39 is 5.60 Å². The number of aryl methyl sites for hydroxylation is 1. The van der Waals surface area contributed by atoms with Crippen LogP contribution in [0.3, 0.4) is 0 Å². The Morgan fingerprint density at radius 3 is 2.80 bits per heavy atom. The van der Waals surface area contributed by atoms with Gasteiger partial charge in [-0.25, -0.2) is 0 Å². The number of aliphatic hydroxyl groups is 1. The lowest BCUT2D eigenvalue weighted by atomic mass is 9.95. The van der Waals surface area contributed by atoms with Crippen LogP contribution in [-0.4, -0.2) is 34.7 Å². The molecule has 0 aromatic heterocycles. The van der Waals surface area contributed by atoms with Crippen LogP contribution in [0, 0.1) is 6.92 Å². The van der Waals surface area contributed by atoms with E-state index >= 15 is 0 Å². The molecular formula is C16H23NO2S. The molecule has 1 aromatic carbocycles. The average molecular weight is 293 g/mol. The Labute approximate surface area is 125 Å². The summed E-state index contributed by atoms with van der Waals surface area (Å²) >= 11 is 1.86. The first-order chi connectivity index (χ1) is 9.50. The highest BCUT2D eigenvalue weighted by Gasteiger charge is 2.30. The number of carbonyl (C=O) groups is 1. The first-order valence-corrected chi connectivity index (χ1v) is 8.30. The van der Waals surface area contributed by atoms with E-state index in [9.17, 15) is 9.90 Å². The maximum absolute atomic E-state index is 12.2. The molecule has 1 heterocycles. The largest absolute Gasteiger partial charge is 0.388 e. The maximum atomic E-state index is 12.2. The average Bonchev–Trinajstić information content (AvgIpc) is 2.45. The van der Waals surface area contributed by atoms with Crippen LogP contribution in [-0.2, 0) is 4.79 Å². The van der Waals surface area contributed by atoms with Gasteiger partial charge in [-0.15, -0.1) is 0 Å². The number of hydrogen-bond donors (Lipinski definition) is 2. The first kappa shape index (κ1) is 15.4. The molecular weight excluding hydrogens is 270 g/mol. The van der Waals surface area contributed by atoms with Crippen LogP contribution >= 0.6 is 11.8 Å². The third-order valence-corrected chi connectivity index (χ3v) is 4.94. The second-order valence-electron chi connectivity index (χ2n) is 5.69. The number of hydrogen-bond acceptors (Lipinski definition) is 3. The lowest BCUT2D eigenvalue weighted by Gasteiger charge is -2.32. The highest BCUT2D eigenvalue weighted by molar-refractivity contribution is 7.99. The standard InChI is InChI=1S/C16H23NO2S/c1-12-4-3-5-14(10-12)13(2)15(18)17-11-16(19)6-8-20-9-7-16/h3-5,10,13,19H,6-9,11H2,1-2H3,(H,17,18). The molecule has 1 saturated heterocycles. The molecule has 2 N–H and O–H groups in total. The summed E-state index contributed by atoms with van der Waals surface area (Å²) in [5, 5.41) is 13.3. The van der Waals surface area contributed by atoms with E-state index in [4.69, 9.17) is 0 Å². The Morgan fingerprint density at radius 1 is 1.45 bits per heavy atom. The van der Waals surface area contributed by atoms with Crippen LogP contribution in [0.4, 0.5) is 0 Å². The van der Waals surface area contributed by atoms with Crippen molar-refractivity contribution in [3.8, 4) is 0 Å². The van der Waals surface area contributed by atoms with Crippen LogP contribution < -0.4 is 5.32 Å². The quantitative estimate of drug-likeness (QED) is 0.896. The second kappa shape index (κ2) is 6.64. The fraction of sp³-hybridized carbons (Fsp3) is 0.562.